The molecule has 0 aliphatic carbocycles. The number of anilines is 2. The van der Waals surface area contributed by atoms with Crippen molar-refractivity contribution in [3.8, 4) is 6.07 Å². The van der Waals surface area contributed by atoms with Crippen LogP contribution in [0.15, 0.2) is 48.5 Å². The number of benzene rings is 2. The first-order valence-electron chi connectivity index (χ1n) is 7.95. The van der Waals surface area contributed by atoms with Crippen LogP contribution in [0.25, 0.3) is 0 Å². The van der Waals surface area contributed by atoms with Crippen molar-refractivity contribution < 1.29 is 14.0 Å². The van der Waals surface area contributed by atoms with Crippen LogP contribution in [0.4, 0.5) is 15.8 Å². The summed E-state index contributed by atoms with van der Waals surface area (Å²) in [6.07, 6.45) is 0. The van der Waals surface area contributed by atoms with Crippen LogP contribution in [-0.2, 0) is 9.59 Å². The second-order valence-corrected chi connectivity index (χ2v) is 5.83. The van der Waals surface area contributed by atoms with Crippen molar-refractivity contribution in [3.05, 3.63) is 59.9 Å². The quantitative estimate of drug-likeness (QED) is 0.835. The van der Waals surface area contributed by atoms with Crippen molar-refractivity contribution in [1.82, 2.24) is 4.90 Å². The molecule has 1 atom stereocenters. The number of nitrogens with one attached hydrogen (secondary N) is 2. The van der Waals surface area contributed by atoms with Crippen molar-refractivity contribution >= 4 is 23.2 Å². The molecular weight excluding hydrogens is 335 g/mol. The van der Waals surface area contributed by atoms with Crippen molar-refractivity contribution in [3.63, 3.8) is 0 Å². The minimum absolute atomic E-state index is 0.0384. The van der Waals surface area contributed by atoms with Crippen LogP contribution in [0.2, 0.25) is 0 Å². The summed E-state index contributed by atoms with van der Waals surface area (Å²) in [5, 5.41) is 14.2. The van der Waals surface area contributed by atoms with Gasteiger partial charge in [-0.25, -0.2) is 4.39 Å². The Morgan fingerprint density at radius 1 is 1.15 bits per heavy atom. The first-order valence-corrected chi connectivity index (χ1v) is 7.95. The Morgan fingerprint density at radius 3 is 2.46 bits per heavy atom. The molecule has 2 aromatic carbocycles. The zero-order chi connectivity index (χ0) is 19.1. The van der Waals surface area contributed by atoms with Gasteiger partial charge in [-0.05, 0) is 50.4 Å². The maximum atomic E-state index is 13.1. The smallest absolute Gasteiger partial charge is 0.241 e. The predicted molar refractivity (Wildman–Crippen MR) is 96.9 cm³/mol. The molecule has 0 bridgehead atoms. The molecule has 0 saturated carbocycles. The van der Waals surface area contributed by atoms with E-state index in [1.807, 2.05) is 6.07 Å². The standard InChI is InChI=1S/C19H19FN4O2/c1-13(19(26)23-16-7-3-5-14(9-16)11-21)24(2)12-18(25)22-17-8-4-6-15(20)10-17/h3-10,13H,12H2,1-2H3,(H,22,25)(H,23,26)/t13-/m1/s1. The third-order valence-electron chi connectivity index (χ3n) is 3.80. The monoisotopic (exact) mass is 354 g/mol. The molecule has 0 heterocycles. The molecule has 0 fully saturated rings. The lowest BCUT2D eigenvalue weighted by atomic mass is 10.2. The second kappa shape index (κ2) is 8.74. The lowest BCUT2D eigenvalue weighted by Gasteiger charge is -2.23. The number of carbonyl (C=O) groups is 2. The largest absolute Gasteiger partial charge is 0.325 e. The molecule has 26 heavy (non-hydrogen) atoms. The highest BCUT2D eigenvalue weighted by molar-refractivity contribution is 5.96. The molecule has 0 unspecified atom stereocenters. The van der Waals surface area contributed by atoms with E-state index in [9.17, 15) is 14.0 Å². The predicted octanol–water partition coefficient (Wildman–Crippen LogP) is 2.59. The van der Waals surface area contributed by atoms with Gasteiger partial charge in [-0.15, -0.1) is 0 Å². The van der Waals surface area contributed by atoms with Gasteiger partial charge >= 0.3 is 0 Å². The van der Waals surface area contributed by atoms with E-state index in [-0.39, 0.29) is 18.4 Å². The molecule has 7 heteroatoms. The van der Waals surface area contributed by atoms with Gasteiger partial charge in [0.2, 0.25) is 11.8 Å². The van der Waals surface area contributed by atoms with Crippen molar-refractivity contribution in [2.75, 3.05) is 24.2 Å². The van der Waals surface area contributed by atoms with Gasteiger partial charge in [-0.3, -0.25) is 14.5 Å². The van der Waals surface area contributed by atoms with Gasteiger partial charge in [-0.1, -0.05) is 12.1 Å². The number of nitrogens with zero attached hydrogens (tertiary/aromatic N) is 2. The number of hydrogen-bond donors (Lipinski definition) is 2. The van der Waals surface area contributed by atoms with E-state index in [0.29, 0.717) is 16.9 Å². The van der Waals surface area contributed by atoms with E-state index >= 15 is 0 Å². The van der Waals surface area contributed by atoms with Crippen LogP contribution in [-0.4, -0.2) is 36.3 Å². The number of halogens is 1. The third-order valence-corrected chi connectivity index (χ3v) is 3.80. The Labute approximate surface area is 151 Å². The Morgan fingerprint density at radius 2 is 1.81 bits per heavy atom. The number of nitriles is 1. The van der Waals surface area contributed by atoms with Crippen LogP contribution < -0.4 is 10.6 Å². The fourth-order valence-electron chi connectivity index (χ4n) is 2.24. The maximum Gasteiger partial charge on any atom is 0.241 e. The highest BCUT2D eigenvalue weighted by Gasteiger charge is 2.20. The Balaban J connectivity index is 1.91. The topological polar surface area (TPSA) is 85.2 Å². The van der Waals surface area contributed by atoms with E-state index in [4.69, 9.17) is 5.26 Å². The van der Waals surface area contributed by atoms with Crippen LogP contribution in [0, 0.1) is 17.1 Å². The molecule has 134 valence electrons. The van der Waals surface area contributed by atoms with Crippen molar-refractivity contribution in [2.24, 2.45) is 0 Å². The number of carbonyl (C=O) groups excluding carboxylic acids is 2. The molecule has 0 saturated heterocycles. The molecule has 2 N–H and O–H groups in total. The Bertz CT molecular complexity index is 847. The first kappa shape index (κ1) is 19.1. The van der Waals surface area contributed by atoms with Crippen LogP contribution in [0.5, 0.6) is 0 Å². The van der Waals surface area contributed by atoms with Gasteiger partial charge in [0.05, 0.1) is 24.2 Å². The third kappa shape index (κ3) is 5.40. The number of rotatable bonds is 6. The van der Waals surface area contributed by atoms with Crippen LogP contribution in [0.3, 0.4) is 0 Å². The van der Waals surface area contributed by atoms with Gasteiger partial charge in [0, 0.05) is 11.4 Å². The lowest BCUT2D eigenvalue weighted by Crippen LogP contribution is -2.43. The highest BCUT2D eigenvalue weighted by Crippen LogP contribution is 2.12. The molecule has 6 nitrogen and oxygen atoms in total. The van der Waals surface area contributed by atoms with Gasteiger partial charge in [0.25, 0.3) is 0 Å². The molecule has 0 aliphatic heterocycles. The molecule has 0 aliphatic rings. The minimum Gasteiger partial charge on any atom is -0.325 e. The van der Waals surface area contributed by atoms with E-state index < -0.39 is 11.9 Å². The zero-order valence-corrected chi connectivity index (χ0v) is 14.5. The summed E-state index contributed by atoms with van der Waals surface area (Å²) in [4.78, 5) is 25.9. The van der Waals surface area contributed by atoms with E-state index in [2.05, 4.69) is 10.6 Å². The molecule has 2 rings (SSSR count). The molecular formula is C19H19FN4O2. The fourth-order valence-corrected chi connectivity index (χ4v) is 2.24. The summed E-state index contributed by atoms with van der Waals surface area (Å²) >= 11 is 0. The fraction of sp³-hybridized carbons (Fsp3) is 0.211. The summed E-state index contributed by atoms with van der Waals surface area (Å²) in [5.74, 6) is -1.10. The van der Waals surface area contributed by atoms with Gasteiger partial charge in [0.1, 0.15) is 5.82 Å². The number of likely N-dealkylation sites (N-methyl/N-ethyl adjacent to an activating group) is 1. The SMILES string of the molecule is C[C@H](C(=O)Nc1cccc(C#N)c1)N(C)CC(=O)Nc1cccc(F)c1. The summed E-state index contributed by atoms with van der Waals surface area (Å²) < 4.78 is 13.1. The van der Waals surface area contributed by atoms with E-state index in [1.54, 1.807) is 49.2 Å². The van der Waals surface area contributed by atoms with Gasteiger partial charge in [0.15, 0.2) is 0 Å². The molecule has 0 radical (unpaired) electrons. The normalized spacial score (nSPS) is 11.5. The minimum atomic E-state index is -0.584. The summed E-state index contributed by atoms with van der Waals surface area (Å²) in [5.41, 5.74) is 1.31. The highest BCUT2D eigenvalue weighted by atomic mass is 19.1. The zero-order valence-electron chi connectivity index (χ0n) is 14.5. The van der Waals surface area contributed by atoms with Crippen LogP contribution >= 0.6 is 0 Å². The van der Waals surface area contributed by atoms with Gasteiger partial charge in [-0.2, -0.15) is 5.26 Å². The summed E-state index contributed by atoms with van der Waals surface area (Å²) in [6, 6.07) is 13.6. The second-order valence-electron chi connectivity index (χ2n) is 5.83. The molecule has 0 spiro atoms. The Hall–Kier alpha value is -3.24. The maximum absolute atomic E-state index is 13.1. The van der Waals surface area contributed by atoms with Gasteiger partial charge < -0.3 is 10.6 Å². The van der Waals surface area contributed by atoms with Crippen LogP contribution in [0.1, 0.15) is 12.5 Å². The summed E-state index contributed by atoms with van der Waals surface area (Å²) in [6.45, 7) is 1.63. The molecule has 2 aromatic rings. The lowest BCUT2D eigenvalue weighted by molar-refractivity contribution is -0.122. The average Bonchev–Trinajstić information content (AvgIpc) is 2.61. The van der Waals surface area contributed by atoms with E-state index in [1.165, 1.54) is 18.2 Å². The average molecular weight is 354 g/mol. The molecule has 2 amide bonds. The Kier molecular flexibility index (Phi) is 6.42. The number of hydrogen-bond acceptors (Lipinski definition) is 4. The van der Waals surface area contributed by atoms with Crippen molar-refractivity contribution in [2.45, 2.75) is 13.0 Å². The summed E-state index contributed by atoms with van der Waals surface area (Å²) in [7, 11) is 1.64. The first-order chi connectivity index (χ1) is 12.4. The molecule has 0 aromatic heterocycles. The van der Waals surface area contributed by atoms with E-state index in [0.717, 1.165) is 0 Å². The van der Waals surface area contributed by atoms with Crippen molar-refractivity contribution in [1.29, 1.82) is 5.26 Å². The number of amides is 2.